The van der Waals surface area contributed by atoms with Crippen molar-refractivity contribution in [2.75, 3.05) is 11.9 Å². The van der Waals surface area contributed by atoms with Gasteiger partial charge in [-0.3, -0.25) is 14.4 Å². The lowest BCUT2D eigenvalue weighted by atomic mass is 10.1. The first kappa shape index (κ1) is 24.5. The normalized spacial score (nSPS) is 10.3. The van der Waals surface area contributed by atoms with Crippen LogP contribution in [0.4, 0.5) is 5.69 Å². The van der Waals surface area contributed by atoms with Crippen LogP contribution in [0.25, 0.3) is 0 Å². The summed E-state index contributed by atoms with van der Waals surface area (Å²) in [5, 5.41) is 5.75. The first-order chi connectivity index (χ1) is 16.4. The van der Waals surface area contributed by atoms with Gasteiger partial charge in [0.1, 0.15) is 11.5 Å². The van der Waals surface area contributed by atoms with E-state index in [1.54, 1.807) is 30.3 Å². The van der Waals surface area contributed by atoms with E-state index in [-0.39, 0.29) is 18.4 Å². The SMILES string of the molecule is CC(=O)Oc1cccc(C(=O)Nc2ccccc2CNC(=O)CCCOc2ccccc2C)c1. The van der Waals surface area contributed by atoms with Gasteiger partial charge in [0.25, 0.3) is 5.91 Å². The van der Waals surface area contributed by atoms with Gasteiger partial charge in [-0.15, -0.1) is 0 Å². The number of amides is 2. The number of anilines is 1. The number of rotatable bonds is 10. The Labute approximate surface area is 199 Å². The fourth-order valence-electron chi connectivity index (χ4n) is 3.27. The van der Waals surface area contributed by atoms with Gasteiger partial charge < -0.3 is 20.1 Å². The number of aryl methyl sites for hydroxylation is 1. The average molecular weight is 461 g/mol. The largest absolute Gasteiger partial charge is 0.493 e. The predicted molar refractivity (Wildman–Crippen MR) is 130 cm³/mol. The summed E-state index contributed by atoms with van der Waals surface area (Å²) in [5.41, 5.74) is 2.78. The van der Waals surface area contributed by atoms with E-state index in [0.29, 0.717) is 36.4 Å². The van der Waals surface area contributed by atoms with Crippen molar-refractivity contribution in [3.63, 3.8) is 0 Å². The number of hydrogen-bond donors (Lipinski definition) is 2. The maximum atomic E-state index is 12.7. The van der Waals surface area contributed by atoms with Crippen molar-refractivity contribution in [1.29, 1.82) is 0 Å². The van der Waals surface area contributed by atoms with E-state index in [9.17, 15) is 14.4 Å². The third-order valence-electron chi connectivity index (χ3n) is 5.00. The van der Waals surface area contributed by atoms with Crippen molar-refractivity contribution in [3.8, 4) is 11.5 Å². The molecule has 176 valence electrons. The number of carbonyl (C=O) groups is 3. The Hall–Kier alpha value is -4.13. The van der Waals surface area contributed by atoms with Crippen LogP contribution >= 0.6 is 0 Å². The van der Waals surface area contributed by atoms with Crippen molar-refractivity contribution in [3.05, 3.63) is 89.5 Å². The molecule has 0 radical (unpaired) electrons. The van der Waals surface area contributed by atoms with Crippen LogP contribution in [0.2, 0.25) is 0 Å². The molecule has 0 atom stereocenters. The first-order valence-electron chi connectivity index (χ1n) is 11.1. The lowest BCUT2D eigenvalue weighted by Gasteiger charge is -2.13. The van der Waals surface area contributed by atoms with E-state index >= 15 is 0 Å². The van der Waals surface area contributed by atoms with Crippen LogP contribution in [-0.2, 0) is 16.1 Å². The molecule has 0 heterocycles. The fraction of sp³-hybridized carbons (Fsp3) is 0.222. The summed E-state index contributed by atoms with van der Waals surface area (Å²) in [6.45, 7) is 4.02. The number of esters is 1. The Kier molecular flexibility index (Phi) is 8.80. The lowest BCUT2D eigenvalue weighted by Crippen LogP contribution is -2.24. The molecule has 7 heteroatoms. The fourth-order valence-corrected chi connectivity index (χ4v) is 3.27. The minimum atomic E-state index is -0.458. The van der Waals surface area contributed by atoms with Crippen LogP contribution in [0.3, 0.4) is 0 Å². The van der Waals surface area contributed by atoms with Crippen molar-refractivity contribution < 1.29 is 23.9 Å². The molecule has 0 bridgehead atoms. The van der Waals surface area contributed by atoms with Gasteiger partial charge in [-0.25, -0.2) is 0 Å². The van der Waals surface area contributed by atoms with E-state index < -0.39 is 5.97 Å². The van der Waals surface area contributed by atoms with Crippen LogP contribution in [0.5, 0.6) is 11.5 Å². The highest BCUT2D eigenvalue weighted by Crippen LogP contribution is 2.19. The molecule has 0 aromatic heterocycles. The second-order valence-electron chi connectivity index (χ2n) is 7.73. The molecule has 0 aliphatic rings. The molecule has 0 fully saturated rings. The highest BCUT2D eigenvalue weighted by molar-refractivity contribution is 6.05. The van der Waals surface area contributed by atoms with E-state index in [2.05, 4.69) is 10.6 Å². The van der Waals surface area contributed by atoms with Crippen molar-refractivity contribution in [2.24, 2.45) is 0 Å². The number of nitrogens with one attached hydrogen (secondary N) is 2. The van der Waals surface area contributed by atoms with Crippen molar-refractivity contribution in [1.82, 2.24) is 5.32 Å². The van der Waals surface area contributed by atoms with E-state index in [0.717, 1.165) is 16.9 Å². The number of para-hydroxylation sites is 2. The lowest BCUT2D eigenvalue weighted by molar-refractivity contribution is -0.131. The van der Waals surface area contributed by atoms with Gasteiger partial charge in [0.05, 0.1) is 6.61 Å². The number of carbonyl (C=O) groups excluding carboxylic acids is 3. The Balaban J connectivity index is 1.50. The summed E-state index contributed by atoms with van der Waals surface area (Å²) in [7, 11) is 0. The van der Waals surface area contributed by atoms with E-state index in [4.69, 9.17) is 9.47 Å². The third-order valence-corrected chi connectivity index (χ3v) is 5.00. The van der Waals surface area contributed by atoms with Crippen molar-refractivity contribution in [2.45, 2.75) is 33.2 Å². The molecule has 2 N–H and O–H groups in total. The molecule has 0 aliphatic carbocycles. The summed E-state index contributed by atoms with van der Waals surface area (Å²) >= 11 is 0. The minimum Gasteiger partial charge on any atom is -0.493 e. The maximum absolute atomic E-state index is 12.7. The highest BCUT2D eigenvalue weighted by atomic mass is 16.5. The predicted octanol–water partition coefficient (Wildman–Crippen LogP) is 4.65. The Morgan fingerprint density at radius 2 is 1.68 bits per heavy atom. The molecule has 3 aromatic carbocycles. The number of benzene rings is 3. The monoisotopic (exact) mass is 460 g/mol. The summed E-state index contributed by atoms with van der Waals surface area (Å²) < 4.78 is 10.8. The molecule has 0 saturated carbocycles. The van der Waals surface area contributed by atoms with Crippen LogP contribution < -0.4 is 20.1 Å². The molecule has 2 amide bonds. The van der Waals surface area contributed by atoms with Crippen molar-refractivity contribution >= 4 is 23.5 Å². The van der Waals surface area contributed by atoms with Crippen LogP contribution in [-0.4, -0.2) is 24.4 Å². The smallest absolute Gasteiger partial charge is 0.308 e. The van der Waals surface area contributed by atoms with Crippen LogP contribution in [0.1, 0.15) is 41.3 Å². The first-order valence-corrected chi connectivity index (χ1v) is 11.1. The Morgan fingerprint density at radius 1 is 0.912 bits per heavy atom. The Morgan fingerprint density at radius 3 is 2.47 bits per heavy atom. The molecule has 7 nitrogen and oxygen atoms in total. The standard InChI is InChI=1S/C27H28N2O5/c1-19-9-3-6-14-25(19)33-16-8-15-26(31)28-18-22-10-4-5-13-24(22)29-27(32)21-11-7-12-23(17-21)34-20(2)30/h3-7,9-14,17H,8,15-16,18H2,1-2H3,(H,28,31)(H,29,32). The summed E-state index contributed by atoms with van der Waals surface area (Å²) in [5.74, 6) is 0.225. The average Bonchev–Trinajstić information content (AvgIpc) is 2.82. The van der Waals surface area contributed by atoms with Gasteiger partial charge in [0.2, 0.25) is 5.91 Å². The van der Waals surface area contributed by atoms with E-state index in [1.807, 2.05) is 43.3 Å². The molecule has 34 heavy (non-hydrogen) atoms. The van der Waals surface area contributed by atoms with Gasteiger partial charge in [-0.1, -0.05) is 42.5 Å². The zero-order chi connectivity index (χ0) is 24.3. The molecule has 0 spiro atoms. The second kappa shape index (κ2) is 12.2. The quantitative estimate of drug-likeness (QED) is 0.261. The summed E-state index contributed by atoms with van der Waals surface area (Å²) in [6.07, 6.45) is 0.931. The van der Waals surface area contributed by atoms with Gasteiger partial charge in [-0.2, -0.15) is 0 Å². The Bertz CT molecular complexity index is 1160. The molecule has 0 saturated heterocycles. The molecule has 3 rings (SSSR count). The molecule has 0 aliphatic heterocycles. The van der Waals surface area contributed by atoms with Gasteiger partial charge in [0, 0.05) is 31.1 Å². The van der Waals surface area contributed by atoms with Gasteiger partial charge in [-0.05, 0) is 54.8 Å². The zero-order valence-corrected chi connectivity index (χ0v) is 19.3. The van der Waals surface area contributed by atoms with Gasteiger partial charge >= 0.3 is 5.97 Å². The summed E-state index contributed by atoms with van der Waals surface area (Å²) in [6, 6.07) is 21.4. The maximum Gasteiger partial charge on any atom is 0.308 e. The number of ether oxygens (including phenoxy) is 2. The third kappa shape index (κ3) is 7.48. The number of hydrogen-bond acceptors (Lipinski definition) is 5. The molecule has 3 aromatic rings. The summed E-state index contributed by atoms with van der Waals surface area (Å²) in [4.78, 5) is 36.1. The highest BCUT2D eigenvalue weighted by Gasteiger charge is 2.11. The van der Waals surface area contributed by atoms with Crippen LogP contribution in [0.15, 0.2) is 72.8 Å². The van der Waals surface area contributed by atoms with E-state index in [1.165, 1.54) is 13.0 Å². The zero-order valence-electron chi connectivity index (χ0n) is 19.3. The molecular formula is C27H28N2O5. The minimum absolute atomic E-state index is 0.0939. The topological polar surface area (TPSA) is 93.7 Å². The molecular weight excluding hydrogens is 432 g/mol. The van der Waals surface area contributed by atoms with Crippen LogP contribution in [0, 0.1) is 6.92 Å². The second-order valence-corrected chi connectivity index (χ2v) is 7.73. The van der Waals surface area contributed by atoms with Gasteiger partial charge in [0.15, 0.2) is 0 Å². The molecule has 0 unspecified atom stereocenters.